The fourth-order valence-electron chi connectivity index (χ4n) is 2.96. The Morgan fingerprint density at radius 1 is 1.13 bits per heavy atom. The van der Waals surface area contributed by atoms with Crippen molar-refractivity contribution in [2.45, 2.75) is 33.3 Å². The van der Waals surface area contributed by atoms with Crippen molar-refractivity contribution < 1.29 is 23.5 Å². The van der Waals surface area contributed by atoms with E-state index in [-0.39, 0.29) is 24.7 Å². The number of rotatable bonds is 8. The highest BCUT2D eigenvalue weighted by Crippen LogP contribution is 2.29. The van der Waals surface area contributed by atoms with Crippen molar-refractivity contribution in [1.82, 2.24) is 4.98 Å². The van der Waals surface area contributed by atoms with Gasteiger partial charge in [-0.15, -0.1) is 11.3 Å². The molecule has 1 amide bonds. The van der Waals surface area contributed by atoms with E-state index in [9.17, 15) is 14.0 Å². The number of halogens is 1. The van der Waals surface area contributed by atoms with Gasteiger partial charge in [0.15, 0.2) is 16.7 Å². The molecule has 0 aliphatic carbocycles. The van der Waals surface area contributed by atoms with Crippen molar-refractivity contribution in [2.24, 2.45) is 0 Å². The molecule has 0 bridgehead atoms. The maximum atomic E-state index is 13.8. The number of ether oxygens (including phenoxy) is 2. The van der Waals surface area contributed by atoms with E-state index < -0.39 is 11.8 Å². The molecule has 8 heteroatoms. The summed E-state index contributed by atoms with van der Waals surface area (Å²) in [6.45, 7) is 3.51. The first-order valence-electron chi connectivity index (χ1n) is 9.73. The summed E-state index contributed by atoms with van der Waals surface area (Å²) in [6, 6.07) is 12.0. The van der Waals surface area contributed by atoms with E-state index >= 15 is 0 Å². The number of anilines is 2. The molecule has 31 heavy (non-hydrogen) atoms. The molecular formula is C23H23FN2O4S. The van der Waals surface area contributed by atoms with Crippen molar-refractivity contribution >= 4 is 34.0 Å². The first-order valence-corrected chi connectivity index (χ1v) is 10.6. The number of methoxy groups -OCH3 is 1. The maximum absolute atomic E-state index is 13.8. The van der Waals surface area contributed by atoms with E-state index in [2.05, 4.69) is 11.9 Å². The molecule has 162 valence electrons. The van der Waals surface area contributed by atoms with Gasteiger partial charge in [0.2, 0.25) is 5.91 Å². The number of esters is 1. The van der Waals surface area contributed by atoms with Crippen LogP contribution in [0.2, 0.25) is 0 Å². The molecule has 0 unspecified atom stereocenters. The topological polar surface area (TPSA) is 68.7 Å². The molecule has 0 spiro atoms. The van der Waals surface area contributed by atoms with Crippen LogP contribution in [0.1, 0.15) is 30.7 Å². The molecule has 0 fully saturated rings. The largest absolute Gasteiger partial charge is 0.494 e. The van der Waals surface area contributed by atoms with Crippen LogP contribution in [0, 0.1) is 5.82 Å². The summed E-state index contributed by atoms with van der Waals surface area (Å²) in [6.07, 6.45) is 0.845. The summed E-state index contributed by atoms with van der Waals surface area (Å²) >= 11 is 1.29. The van der Waals surface area contributed by atoms with Gasteiger partial charge in [0.25, 0.3) is 0 Å². The number of nitrogens with zero attached hydrogens (tertiary/aromatic N) is 2. The molecule has 0 aliphatic rings. The Balaban J connectivity index is 1.63. The van der Waals surface area contributed by atoms with Crippen LogP contribution in [0.3, 0.4) is 0 Å². The number of amides is 1. The van der Waals surface area contributed by atoms with Crippen LogP contribution in [0.25, 0.3) is 0 Å². The third-order valence-electron chi connectivity index (χ3n) is 4.59. The van der Waals surface area contributed by atoms with Crippen LogP contribution in [0.5, 0.6) is 5.75 Å². The van der Waals surface area contributed by atoms with E-state index in [1.165, 1.54) is 48.0 Å². The molecule has 1 heterocycles. The zero-order chi connectivity index (χ0) is 22.4. The van der Waals surface area contributed by atoms with Gasteiger partial charge in [-0.2, -0.15) is 0 Å². The average Bonchev–Trinajstić information content (AvgIpc) is 3.21. The van der Waals surface area contributed by atoms with Crippen molar-refractivity contribution in [3.63, 3.8) is 0 Å². The minimum Gasteiger partial charge on any atom is -0.494 e. The molecule has 0 N–H and O–H groups in total. The summed E-state index contributed by atoms with van der Waals surface area (Å²) in [5, 5.41) is 2.24. The Kier molecular flexibility index (Phi) is 7.36. The van der Waals surface area contributed by atoms with Gasteiger partial charge in [0.05, 0.1) is 24.9 Å². The molecule has 3 aromatic rings. The molecule has 3 rings (SSSR count). The van der Waals surface area contributed by atoms with Crippen molar-refractivity contribution in [2.75, 3.05) is 12.0 Å². The maximum Gasteiger partial charge on any atom is 0.310 e. The monoisotopic (exact) mass is 442 g/mol. The fraction of sp³-hybridized carbons (Fsp3) is 0.261. The van der Waals surface area contributed by atoms with Crippen molar-refractivity contribution in [3.05, 3.63) is 70.5 Å². The minimum atomic E-state index is -0.534. The summed E-state index contributed by atoms with van der Waals surface area (Å²) in [7, 11) is 1.38. The standard InChI is InChI=1S/C23H23FN2O4S/c1-4-16-5-8-19(9-6-16)26(15(2)27)23-25-18(14-31-23)13-30-22(28)12-17-7-10-21(29-3)20(24)11-17/h5-11,14H,4,12-13H2,1-3H3. The van der Waals surface area contributed by atoms with Gasteiger partial charge in [-0.3, -0.25) is 14.5 Å². The third-order valence-corrected chi connectivity index (χ3v) is 5.47. The Morgan fingerprint density at radius 2 is 1.84 bits per heavy atom. The van der Waals surface area contributed by atoms with Crippen LogP contribution in [-0.2, 0) is 33.8 Å². The number of carbonyl (C=O) groups is 2. The molecule has 2 aromatic carbocycles. The van der Waals surface area contributed by atoms with E-state index in [1.807, 2.05) is 24.3 Å². The lowest BCUT2D eigenvalue weighted by molar-refractivity contribution is -0.144. The number of hydrogen-bond donors (Lipinski definition) is 0. The second-order valence-electron chi connectivity index (χ2n) is 6.80. The Morgan fingerprint density at radius 3 is 2.45 bits per heavy atom. The van der Waals surface area contributed by atoms with Gasteiger partial charge < -0.3 is 9.47 Å². The molecule has 0 aliphatic heterocycles. The lowest BCUT2D eigenvalue weighted by Crippen LogP contribution is -2.22. The first kappa shape index (κ1) is 22.4. The average molecular weight is 443 g/mol. The van der Waals surface area contributed by atoms with Crippen molar-refractivity contribution in [1.29, 1.82) is 0 Å². The lowest BCUT2D eigenvalue weighted by Gasteiger charge is -2.18. The van der Waals surface area contributed by atoms with E-state index in [1.54, 1.807) is 11.4 Å². The highest BCUT2D eigenvalue weighted by Gasteiger charge is 2.18. The Hall–Kier alpha value is -3.26. The number of aromatic nitrogens is 1. The van der Waals surface area contributed by atoms with Gasteiger partial charge in [-0.05, 0) is 41.8 Å². The smallest absolute Gasteiger partial charge is 0.310 e. The Bertz CT molecular complexity index is 1070. The summed E-state index contributed by atoms with van der Waals surface area (Å²) in [5.41, 5.74) is 2.92. The van der Waals surface area contributed by atoms with Crippen LogP contribution >= 0.6 is 11.3 Å². The number of benzene rings is 2. The number of thiazole rings is 1. The normalized spacial score (nSPS) is 10.6. The Labute approximate surface area is 184 Å². The van der Waals surface area contributed by atoms with Gasteiger partial charge in [0.1, 0.15) is 6.61 Å². The van der Waals surface area contributed by atoms with Crippen LogP contribution in [0.15, 0.2) is 47.8 Å². The zero-order valence-electron chi connectivity index (χ0n) is 17.6. The second-order valence-corrected chi connectivity index (χ2v) is 7.64. The molecule has 0 saturated heterocycles. The number of aryl methyl sites for hydroxylation is 1. The quantitative estimate of drug-likeness (QED) is 0.468. The highest BCUT2D eigenvalue weighted by atomic mass is 32.1. The lowest BCUT2D eigenvalue weighted by atomic mass is 10.1. The van der Waals surface area contributed by atoms with E-state index in [0.29, 0.717) is 16.4 Å². The number of carbonyl (C=O) groups excluding carboxylic acids is 2. The zero-order valence-corrected chi connectivity index (χ0v) is 18.4. The molecule has 0 radical (unpaired) electrons. The predicted molar refractivity (Wildman–Crippen MR) is 117 cm³/mol. The van der Waals surface area contributed by atoms with Crippen LogP contribution < -0.4 is 9.64 Å². The van der Waals surface area contributed by atoms with Gasteiger partial charge in [-0.25, -0.2) is 9.37 Å². The molecule has 0 saturated carbocycles. The molecule has 1 aromatic heterocycles. The van der Waals surface area contributed by atoms with Gasteiger partial charge >= 0.3 is 5.97 Å². The molecular weight excluding hydrogens is 419 g/mol. The van der Waals surface area contributed by atoms with E-state index in [4.69, 9.17) is 9.47 Å². The fourth-order valence-corrected chi connectivity index (χ4v) is 3.84. The third kappa shape index (κ3) is 5.67. The molecule has 6 nitrogen and oxygen atoms in total. The summed E-state index contributed by atoms with van der Waals surface area (Å²) < 4.78 is 23.9. The van der Waals surface area contributed by atoms with Crippen molar-refractivity contribution in [3.8, 4) is 5.75 Å². The summed E-state index contributed by atoms with van der Waals surface area (Å²) in [5.74, 6) is -1.08. The van der Waals surface area contributed by atoms with Gasteiger partial charge in [0, 0.05) is 12.3 Å². The second kappa shape index (κ2) is 10.2. The minimum absolute atomic E-state index is 0.0332. The van der Waals surface area contributed by atoms with Gasteiger partial charge in [-0.1, -0.05) is 25.1 Å². The van der Waals surface area contributed by atoms with Crippen LogP contribution in [0.4, 0.5) is 15.2 Å². The highest BCUT2D eigenvalue weighted by molar-refractivity contribution is 7.14. The SMILES string of the molecule is CCc1ccc(N(C(C)=O)c2nc(COC(=O)Cc3ccc(OC)c(F)c3)cs2)cc1. The molecule has 0 atom stereocenters. The van der Waals surface area contributed by atoms with Crippen LogP contribution in [-0.4, -0.2) is 24.0 Å². The number of hydrogen-bond acceptors (Lipinski definition) is 6. The summed E-state index contributed by atoms with van der Waals surface area (Å²) in [4.78, 5) is 30.3. The predicted octanol–water partition coefficient (Wildman–Crippen LogP) is 4.82. The van der Waals surface area contributed by atoms with E-state index in [0.717, 1.165) is 12.1 Å². The first-order chi connectivity index (χ1) is 14.9.